The molecule has 1 aromatic rings. The molecule has 0 bridgehead atoms. The first kappa shape index (κ1) is 34.0. The summed E-state index contributed by atoms with van der Waals surface area (Å²) in [5.74, 6) is 0.151. The van der Waals surface area contributed by atoms with E-state index in [-0.39, 0.29) is 5.75 Å². The molecule has 0 aliphatic heterocycles. The Morgan fingerprint density at radius 3 is 1.22 bits per heavy atom. The number of benzene rings is 1. The van der Waals surface area contributed by atoms with Gasteiger partial charge >= 0.3 is 0 Å². The molecule has 1 rings (SSSR count). The highest BCUT2D eigenvalue weighted by Gasteiger charge is 2.19. The zero-order valence-electron chi connectivity index (χ0n) is 24.3. The van der Waals surface area contributed by atoms with Crippen molar-refractivity contribution in [2.45, 2.75) is 84.0 Å². The average molecular weight is 540 g/mol. The maximum absolute atomic E-state index is 12.7. The van der Waals surface area contributed by atoms with E-state index in [1.807, 2.05) is 32.9 Å². The van der Waals surface area contributed by atoms with Gasteiger partial charge in [-0.1, -0.05) is 24.6 Å². The van der Waals surface area contributed by atoms with Crippen LogP contribution in [0.5, 0.6) is 0 Å². The van der Waals surface area contributed by atoms with Gasteiger partial charge in [0.05, 0.1) is 10.6 Å². The van der Waals surface area contributed by atoms with Crippen molar-refractivity contribution in [3.63, 3.8) is 0 Å². The van der Waals surface area contributed by atoms with Gasteiger partial charge in [0.2, 0.25) is 0 Å². The van der Waals surface area contributed by atoms with Gasteiger partial charge in [-0.05, 0) is 142 Å². The molecule has 0 unspecified atom stereocenters. The third-order valence-electron chi connectivity index (χ3n) is 6.54. The lowest BCUT2D eigenvalue weighted by Gasteiger charge is -2.12. The molecular formula is C29H57N5O2S. The van der Waals surface area contributed by atoms with Gasteiger partial charge in [-0.15, -0.1) is 0 Å². The number of sulfone groups is 1. The minimum absolute atomic E-state index is 0.151. The van der Waals surface area contributed by atoms with Crippen molar-refractivity contribution in [1.29, 1.82) is 0 Å². The third kappa shape index (κ3) is 17.2. The quantitative estimate of drug-likeness (QED) is 0.122. The van der Waals surface area contributed by atoms with E-state index in [0.29, 0.717) is 11.4 Å². The Morgan fingerprint density at radius 2 is 0.865 bits per heavy atom. The van der Waals surface area contributed by atoms with Crippen molar-refractivity contribution >= 4 is 9.84 Å². The Kier molecular flexibility index (Phi) is 20.1. The Labute approximate surface area is 228 Å². The van der Waals surface area contributed by atoms with Crippen LogP contribution in [0.25, 0.3) is 0 Å². The zero-order valence-corrected chi connectivity index (χ0v) is 25.1. The van der Waals surface area contributed by atoms with Crippen LogP contribution in [-0.2, 0) is 9.84 Å². The molecule has 0 aliphatic carbocycles. The van der Waals surface area contributed by atoms with Crippen LogP contribution in [0.4, 0.5) is 0 Å². The number of nitrogens with one attached hydrogen (secondary N) is 5. The number of rotatable bonds is 25. The van der Waals surface area contributed by atoms with Crippen LogP contribution in [-0.4, -0.2) is 79.6 Å². The molecule has 37 heavy (non-hydrogen) atoms. The standard InChI is InChI=1S/C29H57N5O2S/c1-5-30-14-6-7-15-31-16-8-9-17-32-18-10-11-19-33-20-12-13-21-34-22-23-37(35,36)29-27(3)24-26(2)25-28(29)4/h24-25,30-34H,5-23H2,1-4H3. The summed E-state index contributed by atoms with van der Waals surface area (Å²) in [6.45, 7) is 18.1. The summed E-state index contributed by atoms with van der Waals surface area (Å²) in [5.41, 5.74) is 2.81. The van der Waals surface area contributed by atoms with Crippen molar-refractivity contribution in [1.82, 2.24) is 26.6 Å². The van der Waals surface area contributed by atoms with E-state index in [0.717, 1.165) is 88.4 Å². The summed E-state index contributed by atoms with van der Waals surface area (Å²) in [4.78, 5) is 0.508. The molecule has 0 saturated heterocycles. The number of hydrogen-bond acceptors (Lipinski definition) is 7. The molecular weight excluding hydrogens is 482 g/mol. The highest BCUT2D eigenvalue weighted by atomic mass is 32.2. The second kappa shape index (κ2) is 21.9. The van der Waals surface area contributed by atoms with Gasteiger partial charge in [0.1, 0.15) is 0 Å². The molecule has 0 aromatic heterocycles. The number of unbranched alkanes of at least 4 members (excludes halogenated alkanes) is 4. The van der Waals surface area contributed by atoms with E-state index in [9.17, 15) is 8.42 Å². The van der Waals surface area contributed by atoms with Crippen LogP contribution in [0.15, 0.2) is 17.0 Å². The fraction of sp³-hybridized carbons (Fsp3) is 0.793. The normalized spacial score (nSPS) is 11.9. The summed E-state index contributed by atoms with van der Waals surface area (Å²) >= 11 is 0. The van der Waals surface area contributed by atoms with Crippen molar-refractivity contribution in [2.24, 2.45) is 0 Å². The number of aryl methyl sites for hydroxylation is 3. The minimum atomic E-state index is -3.25. The van der Waals surface area contributed by atoms with Gasteiger partial charge in [0.25, 0.3) is 0 Å². The molecule has 1 aromatic carbocycles. The summed E-state index contributed by atoms with van der Waals surface area (Å²) in [5, 5.41) is 17.3. The van der Waals surface area contributed by atoms with Gasteiger partial charge in [-0.3, -0.25) is 0 Å². The molecule has 0 atom stereocenters. The van der Waals surface area contributed by atoms with Crippen molar-refractivity contribution in [3.05, 3.63) is 28.8 Å². The predicted octanol–water partition coefficient (Wildman–Crippen LogP) is 3.47. The molecule has 0 heterocycles. The van der Waals surface area contributed by atoms with Crippen LogP contribution in [0.1, 0.15) is 75.0 Å². The van der Waals surface area contributed by atoms with E-state index in [4.69, 9.17) is 0 Å². The van der Waals surface area contributed by atoms with E-state index in [1.54, 1.807) is 0 Å². The molecule has 7 nitrogen and oxygen atoms in total. The lowest BCUT2D eigenvalue weighted by Crippen LogP contribution is -2.25. The second-order valence-corrected chi connectivity index (χ2v) is 12.3. The average Bonchev–Trinajstić information content (AvgIpc) is 2.83. The first-order chi connectivity index (χ1) is 17.9. The summed E-state index contributed by atoms with van der Waals surface area (Å²) in [6.07, 6.45) is 9.60. The molecule has 0 spiro atoms. The summed E-state index contributed by atoms with van der Waals surface area (Å²) in [6, 6.07) is 3.90. The van der Waals surface area contributed by atoms with E-state index >= 15 is 0 Å². The van der Waals surface area contributed by atoms with Gasteiger partial charge in [-0.2, -0.15) is 0 Å². The van der Waals surface area contributed by atoms with Gasteiger partial charge < -0.3 is 26.6 Å². The molecule has 0 aliphatic rings. The highest BCUT2D eigenvalue weighted by Crippen LogP contribution is 2.22. The fourth-order valence-corrected chi connectivity index (χ4v) is 6.36. The lowest BCUT2D eigenvalue weighted by molar-refractivity contribution is 0.537. The van der Waals surface area contributed by atoms with Crippen molar-refractivity contribution < 1.29 is 8.42 Å². The maximum atomic E-state index is 12.7. The van der Waals surface area contributed by atoms with Crippen molar-refractivity contribution in [3.8, 4) is 0 Å². The first-order valence-electron chi connectivity index (χ1n) is 14.7. The van der Waals surface area contributed by atoms with Crippen LogP contribution < -0.4 is 26.6 Å². The Bertz CT molecular complexity index is 778. The smallest absolute Gasteiger partial charge is 0.180 e. The number of hydrogen-bond donors (Lipinski definition) is 5. The molecule has 0 radical (unpaired) electrons. The second-order valence-electron chi connectivity index (χ2n) is 10.2. The monoisotopic (exact) mass is 539 g/mol. The SMILES string of the molecule is CCNCCCCNCCCCNCCCCNCCCCNCCS(=O)(=O)c1c(C)cc(C)cc1C. The molecule has 0 amide bonds. The van der Waals surface area contributed by atoms with Crippen molar-refractivity contribution in [2.75, 3.05) is 71.2 Å². The van der Waals surface area contributed by atoms with E-state index in [2.05, 4.69) is 33.5 Å². The van der Waals surface area contributed by atoms with Crippen LogP contribution in [0.3, 0.4) is 0 Å². The van der Waals surface area contributed by atoms with Gasteiger partial charge in [0.15, 0.2) is 9.84 Å². The lowest BCUT2D eigenvalue weighted by atomic mass is 10.1. The third-order valence-corrected chi connectivity index (χ3v) is 8.55. The zero-order chi connectivity index (χ0) is 27.2. The maximum Gasteiger partial charge on any atom is 0.180 e. The predicted molar refractivity (Wildman–Crippen MR) is 160 cm³/mol. The van der Waals surface area contributed by atoms with Gasteiger partial charge in [0, 0.05) is 6.54 Å². The minimum Gasteiger partial charge on any atom is -0.317 e. The highest BCUT2D eigenvalue weighted by molar-refractivity contribution is 7.91. The summed E-state index contributed by atoms with van der Waals surface area (Å²) in [7, 11) is -3.25. The Morgan fingerprint density at radius 1 is 0.541 bits per heavy atom. The van der Waals surface area contributed by atoms with Crippen LogP contribution >= 0.6 is 0 Å². The Hall–Kier alpha value is -1.03. The van der Waals surface area contributed by atoms with Gasteiger partial charge in [-0.25, -0.2) is 8.42 Å². The molecule has 0 saturated carbocycles. The summed E-state index contributed by atoms with van der Waals surface area (Å²) < 4.78 is 25.5. The largest absolute Gasteiger partial charge is 0.317 e. The first-order valence-corrected chi connectivity index (χ1v) is 16.4. The van der Waals surface area contributed by atoms with E-state index < -0.39 is 9.84 Å². The topological polar surface area (TPSA) is 94.3 Å². The molecule has 8 heteroatoms. The Balaban J connectivity index is 1.85. The van der Waals surface area contributed by atoms with E-state index in [1.165, 1.54) is 38.5 Å². The van der Waals surface area contributed by atoms with Crippen LogP contribution in [0.2, 0.25) is 0 Å². The molecule has 216 valence electrons. The molecule has 5 N–H and O–H groups in total. The molecule has 0 fully saturated rings. The van der Waals surface area contributed by atoms with Crippen LogP contribution in [0, 0.1) is 20.8 Å². The fourth-order valence-electron chi connectivity index (χ4n) is 4.64.